The number of thiazole rings is 1. The molecule has 1 aliphatic heterocycles. The summed E-state index contributed by atoms with van der Waals surface area (Å²) in [7, 11) is 0.606. The van der Waals surface area contributed by atoms with E-state index in [1.165, 1.54) is 23.5 Å². The number of hydrogen-bond acceptors (Lipinski definition) is 9. The first-order valence-corrected chi connectivity index (χ1v) is 12.8. The molecule has 0 spiro atoms. The zero-order valence-corrected chi connectivity index (χ0v) is 19.6. The van der Waals surface area contributed by atoms with Gasteiger partial charge >= 0.3 is 0 Å². The molecule has 0 unspecified atom stereocenters. The Kier molecular flexibility index (Phi) is 6.89. The van der Waals surface area contributed by atoms with Gasteiger partial charge in [-0.1, -0.05) is 17.3 Å². The first-order valence-electron chi connectivity index (χ1n) is 10.4. The van der Waals surface area contributed by atoms with E-state index in [-0.39, 0.29) is 22.0 Å². The van der Waals surface area contributed by atoms with E-state index in [4.69, 9.17) is 9.57 Å². The molecule has 1 amide bonds. The molecular formula is C21H26N4O5S2. The van der Waals surface area contributed by atoms with E-state index in [1.807, 2.05) is 19.0 Å². The Balaban J connectivity index is 1.54. The van der Waals surface area contributed by atoms with Crippen LogP contribution in [0.3, 0.4) is 0 Å². The zero-order valence-electron chi connectivity index (χ0n) is 18.0. The number of aromatic nitrogens is 1. The van der Waals surface area contributed by atoms with Gasteiger partial charge in [-0.3, -0.25) is 10.1 Å². The standard InChI is InChI=1S/C21H26N4O5S2/c1-25(2)12-16-11-22-21(31-16)23-20(26)19(24-30-15-9-10-29-13-15)14-3-5-17(6-4-14)32(27,28)18-7-8-18/h3-6,11,15,18H,7-10,12-13H2,1-2H3,(H,22,23,26)/t15-/m1/s1. The predicted octanol–water partition coefficient (Wildman–Crippen LogP) is 2.29. The third-order valence-electron chi connectivity index (χ3n) is 5.06. The fourth-order valence-electron chi connectivity index (χ4n) is 3.23. The van der Waals surface area contributed by atoms with E-state index in [2.05, 4.69) is 15.5 Å². The number of nitrogens with zero attached hydrogens (tertiary/aromatic N) is 3. The number of hydrogen-bond donors (Lipinski definition) is 1. The lowest BCUT2D eigenvalue weighted by atomic mass is 10.1. The second-order valence-electron chi connectivity index (χ2n) is 8.12. The van der Waals surface area contributed by atoms with E-state index in [0.717, 1.165) is 11.4 Å². The van der Waals surface area contributed by atoms with Gasteiger partial charge in [-0.15, -0.1) is 11.3 Å². The first-order chi connectivity index (χ1) is 15.3. The number of rotatable bonds is 9. The van der Waals surface area contributed by atoms with Gasteiger partial charge in [0.15, 0.2) is 26.8 Å². The lowest BCUT2D eigenvalue weighted by Gasteiger charge is -2.10. The maximum absolute atomic E-state index is 13.0. The van der Waals surface area contributed by atoms with Crippen molar-refractivity contribution < 1.29 is 22.8 Å². The van der Waals surface area contributed by atoms with Crippen LogP contribution in [0.5, 0.6) is 0 Å². The Morgan fingerprint density at radius 1 is 1.28 bits per heavy atom. The summed E-state index contributed by atoms with van der Waals surface area (Å²) < 4.78 is 30.2. The highest BCUT2D eigenvalue weighted by Gasteiger charge is 2.36. The van der Waals surface area contributed by atoms with Crippen LogP contribution in [0, 0.1) is 0 Å². The molecule has 32 heavy (non-hydrogen) atoms. The van der Waals surface area contributed by atoms with Crippen molar-refractivity contribution in [1.82, 2.24) is 9.88 Å². The number of oxime groups is 1. The van der Waals surface area contributed by atoms with Crippen molar-refractivity contribution in [3.8, 4) is 0 Å². The van der Waals surface area contributed by atoms with Crippen molar-refractivity contribution in [3.05, 3.63) is 40.9 Å². The van der Waals surface area contributed by atoms with E-state index >= 15 is 0 Å². The van der Waals surface area contributed by atoms with E-state index in [0.29, 0.717) is 43.2 Å². The quantitative estimate of drug-likeness (QED) is 0.435. The minimum absolute atomic E-state index is 0.0524. The van der Waals surface area contributed by atoms with E-state index in [9.17, 15) is 13.2 Å². The molecule has 1 aromatic heterocycles. The Morgan fingerprint density at radius 2 is 2.03 bits per heavy atom. The Labute approximate surface area is 191 Å². The molecule has 2 aromatic rings. The van der Waals surface area contributed by atoms with Gasteiger partial charge in [-0.2, -0.15) is 0 Å². The summed E-state index contributed by atoms with van der Waals surface area (Å²) in [5.41, 5.74) is 0.512. The zero-order chi connectivity index (χ0) is 22.7. The summed E-state index contributed by atoms with van der Waals surface area (Å²) in [5, 5.41) is 7.04. The smallest absolute Gasteiger partial charge is 0.280 e. The summed E-state index contributed by atoms with van der Waals surface area (Å²) in [6, 6.07) is 6.20. The van der Waals surface area contributed by atoms with Crippen LogP contribution in [-0.2, 0) is 30.8 Å². The molecule has 4 rings (SSSR count). The average molecular weight is 479 g/mol. The van der Waals surface area contributed by atoms with Gasteiger partial charge in [0.05, 0.1) is 23.4 Å². The van der Waals surface area contributed by atoms with Crippen LogP contribution < -0.4 is 5.32 Å². The molecule has 1 aliphatic carbocycles. The maximum atomic E-state index is 13.0. The van der Waals surface area contributed by atoms with Crippen molar-refractivity contribution in [2.45, 2.75) is 42.1 Å². The van der Waals surface area contributed by atoms with Crippen LogP contribution >= 0.6 is 11.3 Å². The van der Waals surface area contributed by atoms with Gasteiger partial charge in [0.2, 0.25) is 0 Å². The van der Waals surface area contributed by atoms with Crippen molar-refractivity contribution in [3.63, 3.8) is 0 Å². The van der Waals surface area contributed by atoms with E-state index in [1.54, 1.807) is 18.3 Å². The fraction of sp³-hybridized carbons (Fsp3) is 0.476. The monoisotopic (exact) mass is 478 g/mol. The largest absolute Gasteiger partial charge is 0.389 e. The summed E-state index contributed by atoms with van der Waals surface area (Å²) in [4.78, 5) is 26.1. The van der Waals surface area contributed by atoms with Crippen LogP contribution in [0.4, 0.5) is 5.13 Å². The van der Waals surface area contributed by atoms with Crippen LogP contribution in [0.1, 0.15) is 29.7 Å². The number of amides is 1. The van der Waals surface area contributed by atoms with Gasteiger partial charge < -0.3 is 14.5 Å². The number of sulfone groups is 1. The second-order valence-corrected chi connectivity index (χ2v) is 11.5. The van der Waals surface area contributed by atoms with Crippen molar-refractivity contribution in [2.24, 2.45) is 5.16 Å². The number of carbonyl (C=O) groups is 1. The molecule has 0 bridgehead atoms. The van der Waals surface area contributed by atoms with Gasteiger partial charge in [0.1, 0.15) is 0 Å². The Hall–Kier alpha value is -2.34. The topological polar surface area (TPSA) is 110 Å². The predicted molar refractivity (Wildman–Crippen MR) is 122 cm³/mol. The van der Waals surface area contributed by atoms with E-state index < -0.39 is 15.7 Å². The molecule has 1 aromatic carbocycles. The minimum atomic E-state index is -3.31. The van der Waals surface area contributed by atoms with Crippen LogP contribution in [-0.4, -0.2) is 68.6 Å². The number of anilines is 1. The molecule has 11 heteroatoms. The second kappa shape index (κ2) is 9.65. The molecule has 1 saturated heterocycles. The van der Waals surface area contributed by atoms with Gasteiger partial charge in [-0.05, 0) is 39.1 Å². The first kappa shape index (κ1) is 22.8. The summed E-state index contributed by atoms with van der Waals surface area (Å²) >= 11 is 1.38. The number of ether oxygens (including phenoxy) is 1. The Bertz CT molecular complexity index is 1090. The SMILES string of the molecule is CN(C)Cc1cnc(NC(=O)C(=NO[C@@H]2CCOC2)c2ccc(S(=O)(=O)C3CC3)cc2)s1. The van der Waals surface area contributed by atoms with Gasteiger partial charge in [0.25, 0.3) is 5.91 Å². The van der Waals surface area contributed by atoms with Crippen molar-refractivity contribution in [2.75, 3.05) is 32.6 Å². The lowest BCUT2D eigenvalue weighted by Crippen LogP contribution is -2.25. The summed E-state index contributed by atoms with van der Waals surface area (Å²) in [5.74, 6) is -0.479. The number of carbonyl (C=O) groups excluding carboxylic acids is 1. The molecule has 172 valence electrons. The van der Waals surface area contributed by atoms with Gasteiger partial charge in [0, 0.05) is 29.6 Å². The van der Waals surface area contributed by atoms with Crippen molar-refractivity contribution in [1.29, 1.82) is 0 Å². The molecule has 0 radical (unpaired) electrons. The highest BCUT2D eigenvalue weighted by atomic mass is 32.2. The minimum Gasteiger partial charge on any atom is -0.389 e. The maximum Gasteiger partial charge on any atom is 0.280 e. The normalized spacial score (nSPS) is 19.3. The van der Waals surface area contributed by atoms with Crippen LogP contribution in [0.25, 0.3) is 0 Å². The van der Waals surface area contributed by atoms with Crippen LogP contribution in [0.15, 0.2) is 40.5 Å². The molecule has 1 atom stereocenters. The molecule has 1 N–H and O–H groups in total. The molecule has 1 saturated carbocycles. The van der Waals surface area contributed by atoms with Gasteiger partial charge in [-0.25, -0.2) is 13.4 Å². The molecular weight excluding hydrogens is 452 g/mol. The molecule has 2 fully saturated rings. The summed E-state index contributed by atoms with van der Waals surface area (Å²) in [6.07, 6.45) is 3.58. The molecule has 9 nitrogen and oxygen atoms in total. The number of benzene rings is 1. The molecule has 2 heterocycles. The molecule has 2 aliphatic rings. The highest BCUT2D eigenvalue weighted by molar-refractivity contribution is 7.92. The Morgan fingerprint density at radius 3 is 2.66 bits per heavy atom. The van der Waals surface area contributed by atoms with Crippen molar-refractivity contribution >= 4 is 37.9 Å². The lowest BCUT2D eigenvalue weighted by molar-refractivity contribution is -0.110. The highest BCUT2D eigenvalue weighted by Crippen LogP contribution is 2.33. The third kappa shape index (κ3) is 5.52. The number of nitrogens with one attached hydrogen (secondary N) is 1. The van der Waals surface area contributed by atoms with Crippen LogP contribution in [0.2, 0.25) is 0 Å². The summed E-state index contributed by atoms with van der Waals surface area (Å²) in [6.45, 7) is 1.72. The third-order valence-corrected chi connectivity index (χ3v) is 8.24. The average Bonchev–Trinajstić information content (AvgIpc) is 3.34. The fourth-order valence-corrected chi connectivity index (χ4v) is 5.81.